The first kappa shape index (κ1) is 16.2. The number of nitrogens with two attached hydrogens (primary N) is 1. The van der Waals surface area contributed by atoms with E-state index >= 15 is 0 Å². The monoisotopic (exact) mass is 323 g/mol. The van der Waals surface area contributed by atoms with E-state index in [9.17, 15) is 0 Å². The molecule has 1 atom stereocenters. The minimum atomic E-state index is 0.0859. The summed E-state index contributed by atoms with van der Waals surface area (Å²) >= 11 is 12.2. The molecule has 4 heteroatoms. The van der Waals surface area contributed by atoms with Gasteiger partial charge in [0.15, 0.2) is 0 Å². The van der Waals surface area contributed by atoms with E-state index in [0.717, 1.165) is 28.3 Å². The lowest BCUT2D eigenvalue weighted by Crippen LogP contribution is -2.22. The van der Waals surface area contributed by atoms with Gasteiger partial charge in [-0.15, -0.1) is 0 Å². The topological polar surface area (TPSA) is 35.2 Å². The number of rotatable bonds is 6. The zero-order valence-corrected chi connectivity index (χ0v) is 13.5. The van der Waals surface area contributed by atoms with Crippen molar-refractivity contribution < 1.29 is 4.74 Å². The highest BCUT2D eigenvalue weighted by Crippen LogP contribution is 2.28. The van der Waals surface area contributed by atoms with E-state index in [1.807, 2.05) is 42.5 Å². The molecule has 0 radical (unpaired) electrons. The summed E-state index contributed by atoms with van der Waals surface area (Å²) in [5.74, 6) is 0.793. The number of ether oxygens (including phenoxy) is 1. The molecule has 0 fully saturated rings. The average Bonchev–Trinajstić information content (AvgIpc) is 2.49. The lowest BCUT2D eigenvalue weighted by atomic mass is 10.0. The molecule has 0 saturated carbocycles. The van der Waals surface area contributed by atoms with Crippen LogP contribution in [0.1, 0.15) is 24.5 Å². The van der Waals surface area contributed by atoms with Gasteiger partial charge in [0.2, 0.25) is 0 Å². The van der Waals surface area contributed by atoms with Gasteiger partial charge in [0, 0.05) is 21.7 Å². The Labute approximate surface area is 135 Å². The van der Waals surface area contributed by atoms with E-state index in [1.165, 1.54) is 0 Å². The predicted molar refractivity (Wildman–Crippen MR) is 89.2 cm³/mol. The molecule has 0 amide bonds. The summed E-state index contributed by atoms with van der Waals surface area (Å²) in [7, 11) is 0. The molecule has 21 heavy (non-hydrogen) atoms. The van der Waals surface area contributed by atoms with Gasteiger partial charge in [0.25, 0.3) is 0 Å². The summed E-state index contributed by atoms with van der Waals surface area (Å²) in [5.41, 5.74) is 8.07. The van der Waals surface area contributed by atoms with Crippen LogP contribution in [-0.4, -0.2) is 6.04 Å². The van der Waals surface area contributed by atoms with E-state index in [4.69, 9.17) is 33.7 Å². The van der Waals surface area contributed by atoms with Crippen LogP contribution in [0.3, 0.4) is 0 Å². The first-order valence-corrected chi connectivity index (χ1v) is 7.76. The second kappa shape index (κ2) is 7.69. The van der Waals surface area contributed by atoms with Crippen molar-refractivity contribution in [2.75, 3.05) is 0 Å². The molecule has 2 aromatic carbocycles. The van der Waals surface area contributed by atoms with Gasteiger partial charge in [0.05, 0.1) is 0 Å². The van der Waals surface area contributed by atoms with E-state index in [2.05, 4.69) is 6.92 Å². The molecule has 0 saturated heterocycles. The van der Waals surface area contributed by atoms with Crippen molar-refractivity contribution >= 4 is 23.2 Å². The standard InChI is InChI=1S/C17H19Cl2NO/c1-2-14(20)10-15-16(19)4-3-5-17(15)21-11-12-6-8-13(18)9-7-12/h3-9,14H,2,10-11,20H2,1H3. The first-order valence-electron chi connectivity index (χ1n) is 7.00. The average molecular weight is 324 g/mol. The molecule has 0 heterocycles. The second-order valence-electron chi connectivity index (χ2n) is 5.00. The molecule has 1 unspecified atom stereocenters. The van der Waals surface area contributed by atoms with Crippen molar-refractivity contribution in [3.8, 4) is 5.75 Å². The molecule has 2 aromatic rings. The Morgan fingerprint density at radius 2 is 1.81 bits per heavy atom. The SMILES string of the molecule is CCC(N)Cc1c(Cl)cccc1OCc1ccc(Cl)cc1. The van der Waals surface area contributed by atoms with E-state index in [0.29, 0.717) is 18.1 Å². The van der Waals surface area contributed by atoms with Crippen LogP contribution in [0.15, 0.2) is 42.5 Å². The molecule has 0 bridgehead atoms. The number of halogens is 2. The fourth-order valence-corrected chi connectivity index (χ4v) is 2.39. The normalized spacial score (nSPS) is 12.2. The quantitative estimate of drug-likeness (QED) is 0.824. The van der Waals surface area contributed by atoms with Crippen LogP contribution in [-0.2, 0) is 13.0 Å². The van der Waals surface area contributed by atoms with Crippen LogP contribution in [0.5, 0.6) is 5.75 Å². The Kier molecular flexibility index (Phi) is 5.92. The Bertz CT molecular complexity index is 584. The third kappa shape index (κ3) is 4.63. The molecular weight excluding hydrogens is 305 g/mol. The maximum atomic E-state index is 6.28. The molecule has 0 spiro atoms. The summed E-state index contributed by atoms with van der Waals surface area (Å²) in [6.07, 6.45) is 1.62. The highest BCUT2D eigenvalue weighted by Gasteiger charge is 2.12. The third-order valence-electron chi connectivity index (χ3n) is 3.37. The minimum absolute atomic E-state index is 0.0859. The first-order chi connectivity index (χ1) is 10.1. The van der Waals surface area contributed by atoms with Crippen molar-refractivity contribution in [3.63, 3.8) is 0 Å². The Hall–Kier alpha value is -1.22. The van der Waals surface area contributed by atoms with Crippen molar-refractivity contribution in [2.45, 2.75) is 32.4 Å². The highest BCUT2D eigenvalue weighted by atomic mass is 35.5. The van der Waals surface area contributed by atoms with Gasteiger partial charge < -0.3 is 10.5 Å². The smallest absolute Gasteiger partial charge is 0.124 e. The van der Waals surface area contributed by atoms with Crippen molar-refractivity contribution in [1.29, 1.82) is 0 Å². The number of hydrogen-bond acceptors (Lipinski definition) is 2. The van der Waals surface area contributed by atoms with Crippen LogP contribution in [0.2, 0.25) is 10.0 Å². The Morgan fingerprint density at radius 3 is 2.48 bits per heavy atom. The van der Waals surface area contributed by atoms with Crippen LogP contribution in [0.25, 0.3) is 0 Å². The fraction of sp³-hybridized carbons (Fsp3) is 0.294. The van der Waals surface area contributed by atoms with E-state index < -0.39 is 0 Å². The summed E-state index contributed by atoms with van der Waals surface area (Å²) in [6.45, 7) is 2.54. The van der Waals surface area contributed by atoms with Crippen LogP contribution >= 0.6 is 23.2 Å². The van der Waals surface area contributed by atoms with Gasteiger partial charge in [-0.3, -0.25) is 0 Å². The highest BCUT2D eigenvalue weighted by molar-refractivity contribution is 6.31. The molecule has 0 aliphatic rings. The van der Waals surface area contributed by atoms with Gasteiger partial charge in [-0.1, -0.05) is 48.3 Å². The van der Waals surface area contributed by atoms with Gasteiger partial charge in [-0.05, 0) is 42.7 Å². The second-order valence-corrected chi connectivity index (χ2v) is 5.85. The van der Waals surface area contributed by atoms with E-state index in [1.54, 1.807) is 0 Å². The summed E-state index contributed by atoms with van der Waals surface area (Å²) in [5, 5.41) is 1.42. The van der Waals surface area contributed by atoms with Crippen molar-refractivity contribution in [2.24, 2.45) is 5.73 Å². The largest absolute Gasteiger partial charge is 0.489 e. The predicted octanol–water partition coefficient (Wildman–Crippen LogP) is 4.85. The van der Waals surface area contributed by atoms with Gasteiger partial charge >= 0.3 is 0 Å². The minimum Gasteiger partial charge on any atom is -0.489 e. The van der Waals surface area contributed by atoms with Gasteiger partial charge in [-0.2, -0.15) is 0 Å². The van der Waals surface area contributed by atoms with Gasteiger partial charge in [-0.25, -0.2) is 0 Å². The lowest BCUT2D eigenvalue weighted by molar-refractivity contribution is 0.302. The summed E-state index contributed by atoms with van der Waals surface area (Å²) in [4.78, 5) is 0. The van der Waals surface area contributed by atoms with E-state index in [-0.39, 0.29) is 6.04 Å². The molecule has 0 aromatic heterocycles. The fourth-order valence-electron chi connectivity index (χ4n) is 2.02. The lowest BCUT2D eigenvalue weighted by Gasteiger charge is -2.16. The van der Waals surface area contributed by atoms with Gasteiger partial charge in [0.1, 0.15) is 12.4 Å². The maximum absolute atomic E-state index is 6.28. The zero-order valence-electron chi connectivity index (χ0n) is 12.0. The van der Waals surface area contributed by atoms with Crippen LogP contribution < -0.4 is 10.5 Å². The molecule has 2 rings (SSSR count). The molecule has 0 aliphatic carbocycles. The molecule has 2 nitrogen and oxygen atoms in total. The van der Waals surface area contributed by atoms with Crippen LogP contribution in [0.4, 0.5) is 0 Å². The van der Waals surface area contributed by atoms with Crippen LogP contribution in [0, 0.1) is 0 Å². The molecule has 112 valence electrons. The third-order valence-corrected chi connectivity index (χ3v) is 3.98. The summed E-state index contributed by atoms with van der Waals surface area (Å²) in [6, 6.07) is 13.4. The Morgan fingerprint density at radius 1 is 1.10 bits per heavy atom. The molecular formula is C17H19Cl2NO. The van der Waals surface area contributed by atoms with Crippen molar-refractivity contribution in [1.82, 2.24) is 0 Å². The number of hydrogen-bond donors (Lipinski definition) is 1. The molecule has 2 N–H and O–H groups in total. The zero-order chi connectivity index (χ0) is 15.2. The number of benzene rings is 2. The molecule has 0 aliphatic heterocycles. The summed E-state index contributed by atoms with van der Waals surface area (Å²) < 4.78 is 5.91. The maximum Gasteiger partial charge on any atom is 0.124 e. The van der Waals surface area contributed by atoms with Crippen molar-refractivity contribution in [3.05, 3.63) is 63.6 Å². The Balaban J connectivity index is 2.12.